The molecule has 0 spiro atoms. The number of ether oxygens (including phenoxy) is 1. The van der Waals surface area contributed by atoms with Gasteiger partial charge in [-0.05, 0) is 24.1 Å². The van der Waals surface area contributed by atoms with Gasteiger partial charge in [0.05, 0.1) is 24.7 Å². The molecule has 0 aliphatic carbocycles. The summed E-state index contributed by atoms with van der Waals surface area (Å²) in [5.74, 6) is -1.12. The smallest absolute Gasteiger partial charge is 0.248 e. The van der Waals surface area contributed by atoms with Gasteiger partial charge < -0.3 is 19.5 Å². The summed E-state index contributed by atoms with van der Waals surface area (Å²) in [6, 6.07) is 7.11. The Morgan fingerprint density at radius 2 is 2.11 bits per heavy atom. The highest BCUT2D eigenvalue weighted by atomic mass is 32.2. The molecule has 146 valence electrons. The third-order valence-electron chi connectivity index (χ3n) is 4.43. The number of carbonyl (C=O) groups excluding carboxylic acids is 2. The summed E-state index contributed by atoms with van der Waals surface area (Å²) in [7, 11) is -1.57. The number of hydrogen-bond donors (Lipinski definition) is 0. The van der Waals surface area contributed by atoms with E-state index in [0.29, 0.717) is 17.5 Å². The van der Waals surface area contributed by atoms with Gasteiger partial charge in [0.2, 0.25) is 5.91 Å². The number of carboxylic acid groups (broad SMARTS) is 1. The van der Waals surface area contributed by atoms with Crippen LogP contribution in [0.1, 0.15) is 18.4 Å². The van der Waals surface area contributed by atoms with Crippen molar-refractivity contribution in [2.75, 3.05) is 18.6 Å². The van der Waals surface area contributed by atoms with Crippen molar-refractivity contribution >= 4 is 38.6 Å². The highest BCUT2D eigenvalue weighted by molar-refractivity contribution is 8.15. The number of amides is 1. The van der Waals surface area contributed by atoms with Gasteiger partial charge in [-0.3, -0.25) is 4.79 Å². The molecule has 0 unspecified atom stereocenters. The lowest BCUT2D eigenvalue weighted by molar-refractivity contribution is -0.305. The Bertz CT molecular complexity index is 883. The predicted molar refractivity (Wildman–Crippen MR) is 99.0 cm³/mol. The van der Waals surface area contributed by atoms with Crippen molar-refractivity contribution in [1.29, 1.82) is 0 Å². The van der Waals surface area contributed by atoms with Gasteiger partial charge in [-0.1, -0.05) is 23.9 Å². The van der Waals surface area contributed by atoms with Crippen LogP contribution in [-0.4, -0.2) is 60.3 Å². The standard InChI is InChI=1S/C17H20N2O6S2/c1-25-12-4-2-3-11(7-12)8-19-13-9-27(23,24)10-14(13)26-17(19)18-15(20)5-6-16(21)22/h2-4,7,13-14H,5-6,8-10H2,1H3,(H,21,22)/p-1/t13-,14+/m1/s1. The molecular formula is C17H19N2O6S2-. The fraction of sp³-hybridized carbons (Fsp3) is 0.471. The van der Waals surface area contributed by atoms with Gasteiger partial charge in [0.1, 0.15) is 5.75 Å². The topological polar surface area (TPSA) is 116 Å². The molecule has 0 aromatic heterocycles. The second-order valence-electron chi connectivity index (χ2n) is 6.44. The largest absolute Gasteiger partial charge is 0.550 e. The van der Waals surface area contributed by atoms with Crippen LogP contribution in [0.4, 0.5) is 0 Å². The average molecular weight is 411 g/mol. The van der Waals surface area contributed by atoms with Crippen LogP contribution in [0.15, 0.2) is 29.3 Å². The van der Waals surface area contributed by atoms with E-state index in [4.69, 9.17) is 4.74 Å². The Morgan fingerprint density at radius 3 is 2.81 bits per heavy atom. The molecule has 1 aromatic rings. The maximum atomic E-state index is 12.0. The number of thioether (sulfide) groups is 1. The van der Waals surface area contributed by atoms with Crippen LogP contribution < -0.4 is 9.84 Å². The number of sulfone groups is 1. The van der Waals surface area contributed by atoms with E-state index in [-0.39, 0.29) is 29.2 Å². The average Bonchev–Trinajstić information content (AvgIpc) is 3.06. The normalized spacial score (nSPS) is 24.8. The van der Waals surface area contributed by atoms with E-state index >= 15 is 0 Å². The number of carboxylic acids is 1. The molecule has 2 atom stereocenters. The van der Waals surface area contributed by atoms with Gasteiger partial charge in [0.25, 0.3) is 0 Å². The first-order chi connectivity index (χ1) is 12.8. The van der Waals surface area contributed by atoms with Gasteiger partial charge in [-0.25, -0.2) is 8.42 Å². The van der Waals surface area contributed by atoms with Gasteiger partial charge in [0.15, 0.2) is 15.0 Å². The molecule has 2 saturated heterocycles. The van der Waals surface area contributed by atoms with Crippen LogP contribution in [0.3, 0.4) is 0 Å². The predicted octanol–water partition coefficient (Wildman–Crippen LogP) is -0.178. The Morgan fingerprint density at radius 1 is 1.33 bits per heavy atom. The zero-order valence-corrected chi connectivity index (χ0v) is 16.3. The van der Waals surface area contributed by atoms with E-state index in [2.05, 4.69) is 4.99 Å². The molecule has 2 aliphatic heterocycles. The summed E-state index contributed by atoms with van der Waals surface area (Å²) in [5, 5.41) is 10.8. The molecule has 0 N–H and O–H groups in total. The second kappa shape index (κ2) is 7.89. The summed E-state index contributed by atoms with van der Waals surface area (Å²) in [6.07, 6.45) is -0.634. The number of carbonyl (C=O) groups is 2. The summed E-state index contributed by atoms with van der Waals surface area (Å²) in [4.78, 5) is 28.4. The van der Waals surface area contributed by atoms with Crippen molar-refractivity contribution in [3.8, 4) is 5.75 Å². The fourth-order valence-electron chi connectivity index (χ4n) is 3.16. The third kappa shape index (κ3) is 4.81. The van der Waals surface area contributed by atoms with E-state index in [9.17, 15) is 23.1 Å². The maximum absolute atomic E-state index is 12.0. The zero-order valence-electron chi connectivity index (χ0n) is 14.7. The van der Waals surface area contributed by atoms with Crippen molar-refractivity contribution in [1.82, 2.24) is 4.90 Å². The SMILES string of the molecule is COc1cccc(CN2C(=NC(=O)CCC(=O)[O-])S[C@H]3CS(=O)(=O)C[C@H]32)c1. The fourth-order valence-corrected chi connectivity index (χ4v) is 7.13. The number of aliphatic carboxylic acids is 1. The molecule has 0 saturated carbocycles. The second-order valence-corrected chi connectivity index (χ2v) is 9.80. The van der Waals surface area contributed by atoms with Crippen LogP contribution in [-0.2, 0) is 26.0 Å². The lowest BCUT2D eigenvalue weighted by atomic mass is 10.1. The number of rotatable bonds is 6. The quantitative estimate of drug-likeness (QED) is 0.633. The lowest BCUT2D eigenvalue weighted by Gasteiger charge is -2.24. The van der Waals surface area contributed by atoms with Crippen LogP contribution in [0.2, 0.25) is 0 Å². The highest BCUT2D eigenvalue weighted by Gasteiger charge is 2.48. The molecule has 8 nitrogen and oxygen atoms in total. The van der Waals surface area contributed by atoms with E-state index < -0.39 is 28.1 Å². The summed E-state index contributed by atoms with van der Waals surface area (Å²) < 4.78 is 29.2. The molecule has 1 amide bonds. The minimum atomic E-state index is -3.13. The van der Waals surface area contributed by atoms with Crippen molar-refractivity contribution < 1.29 is 27.9 Å². The molecule has 2 fully saturated rings. The van der Waals surface area contributed by atoms with Gasteiger partial charge in [-0.2, -0.15) is 4.99 Å². The van der Waals surface area contributed by atoms with Crippen LogP contribution in [0.5, 0.6) is 5.75 Å². The van der Waals surface area contributed by atoms with Gasteiger partial charge >= 0.3 is 0 Å². The van der Waals surface area contributed by atoms with E-state index in [1.165, 1.54) is 11.8 Å². The molecule has 27 heavy (non-hydrogen) atoms. The Labute approximate surface area is 161 Å². The van der Waals surface area contributed by atoms with Crippen molar-refractivity contribution in [2.45, 2.75) is 30.7 Å². The zero-order chi connectivity index (χ0) is 19.6. The van der Waals surface area contributed by atoms with Crippen LogP contribution >= 0.6 is 11.8 Å². The molecule has 0 radical (unpaired) electrons. The maximum Gasteiger partial charge on any atom is 0.248 e. The van der Waals surface area contributed by atoms with Crippen molar-refractivity contribution in [2.24, 2.45) is 4.99 Å². The summed E-state index contributed by atoms with van der Waals surface area (Å²) >= 11 is 1.27. The van der Waals surface area contributed by atoms with Crippen molar-refractivity contribution in [3.63, 3.8) is 0 Å². The molecule has 0 bridgehead atoms. The number of methoxy groups -OCH3 is 1. The first-order valence-corrected chi connectivity index (χ1v) is 11.1. The van der Waals surface area contributed by atoms with Crippen LogP contribution in [0.25, 0.3) is 0 Å². The highest BCUT2D eigenvalue weighted by Crippen LogP contribution is 2.39. The molecule has 10 heteroatoms. The Kier molecular flexibility index (Phi) is 5.75. The Hall–Kier alpha value is -2.07. The minimum absolute atomic E-state index is 0.0148. The number of hydrogen-bond acceptors (Lipinski definition) is 7. The molecule has 1 aromatic carbocycles. The summed E-state index contributed by atoms with van der Waals surface area (Å²) in [6.45, 7) is 0.382. The Balaban J connectivity index is 1.83. The molecular weight excluding hydrogens is 392 g/mol. The van der Waals surface area contributed by atoms with E-state index in [1.807, 2.05) is 29.2 Å². The molecule has 3 rings (SSSR count). The number of benzene rings is 1. The number of nitrogens with zero attached hydrogens (tertiary/aromatic N) is 2. The van der Waals surface area contributed by atoms with Crippen LogP contribution in [0, 0.1) is 0 Å². The number of amidine groups is 1. The summed E-state index contributed by atoms with van der Waals surface area (Å²) in [5.41, 5.74) is 0.898. The first kappa shape index (κ1) is 19.7. The number of aliphatic imine (C=N–C) groups is 1. The minimum Gasteiger partial charge on any atom is -0.550 e. The third-order valence-corrected chi connectivity index (χ3v) is 7.67. The van der Waals surface area contributed by atoms with E-state index in [0.717, 1.165) is 5.56 Å². The molecule has 2 aliphatic rings. The number of fused-ring (bicyclic) bond motifs is 1. The van der Waals surface area contributed by atoms with Crippen molar-refractivity contribution in [3.05, 3.63) is 29.8 Å². The monoisotopic (exact) mass is 411 g/mol. The van der Waals surface area contributed by atoms with Gasteiger partial charge in [0, 0.05) is 24.2 Å². The lowest BCUT2D eigenvalue weighted by Crippen LogP contribution is -2.37. The molecule has 2 heterocycles. The van der Waals surface area contributed by atoms with E-state index in [1.54, 1.807) is 7.11 Å². The first-order valence-electron chi connectivity index (χ1n) is 8.35. The van der Waals surface area contributed by atoms with Gasteiger partial charge in [-0.15, -0.1) is 0 Å².